The van der Waals surface area contributed by atoms with Gasteiger partial charge in [0.1, 0.15) is 5.75 Å². The third-order valence-electron chi connectivity index (χ3n) is 3.18. The molecule has 0 radical (unpaired) electrons. The Morgan fingerprint density at radius 3 is 3.00 bits per heavy atom. The molecule has 2 amide bonds. The summed E-state index contributed by atoms with van der Waals surface area (Å²) in [6.07, 6.45) is 4.03. The molecule has 1 aliphatic rings. The summed E-state index contributed by atoms with van der Waals surface area (Å²) < 4.78 is 5.57. The normalized spacial score (nSPS) is 16.7. The Bertz CT molecular complexity index is 601. The van der Waals surface area contributed by atoms with Crippen molar-refractivity contribution in [3.63, 3.8) is 0 Å². The SMILES string of the molecule is O=C(Nc1cccnc1)NC1CCOc2ccccc21. The maximum absolute atomic E-state index is 12.0. The molecule has 2 heterocycles. The van der Waals surface area contributed by atoms with Crippen molar-refractivity contribution >= 4 is 11.7 Å². The Morgan fingerprint density at radius 1 is 1.25 bits per heavy atom. The van der Waals surface area contributed by atoms with E-state index in [1.165, 1.54) is 0 Å². The summed E-state index contributed by atoms with van der Waals surface area (Å²) in [6, 6.07) is 11.1. The molecule has 1 aromatic heterocycles. The Labute approximate surface area is 117 Å². The van der Waals surface area contributed by atoms with Gasteiger partial charge in [0, 0.05) is 18.2 Å². The molecule has 0 saturated heterocycles. The molecule has 1 atom stereocenters. The van der Waals surface area contributed by atoms with Crippen LogP contribution in [-0.4, -0.2) is 17.6 Å². The van der Waals surface area contributed by atoms with Crippen LogP contribution in [0.15, 0.2) is 48.8 Å². The number of nitrogens with zero attached hydrogens (tertiary/aromatic N) is 1. The molecule has 0 bridgehead atoms. The number of nitrogens with one attached hydrogen (secondary N) is 2. The summed E-state index contributed by atoms with van der Waals surface area (Å²) in [4.78, 5) is 16.0. The van der Waals surface area contributed by atoms with E-state index in [0.29, 0.717) is 12.3 Å². The first-order valence-corrected chi connectivity index (χ1v) is 6.52. The predicted molar refractivity (Wildman–Crippen MR) is 75.7 cm³/mol. The van der Waals surface area contributed by atoms with Gasteiger partial charge >= 0.3 is 6.03 Å². The smallest absolute Gasteiger partial charge is 0.319 e. The summed E-state index contributed by atoms with van der Waals surface area (Å²) in [5.41, 5.74) is 1.69. The lowest BCUT2D eigenvalue weighted by molar-refractivity contribution is 0.232. The number of fused-ring (bicyclic) bond motifs is 1. The van der Waals surface area contributed by atoms with Crippen LogP contribution in [0.1, 0.15) is 18.0 Å². The van der Waals surface area contributed by atoms with Gasteiger partial charge in [-0.05, 0) is 18.2 Å². The van der Waals surface area contributed by atoms with Crippen molar-refractivity contribution in [1.82, 2.24) is 10.3 Å². The van der Waals surface area contributed by atoms with Crippen molar-refractivity contribution in [1.29, 1.82) is 0 Å². The minimum atomic E-state index is -0.236. The zero-order chi connectivity index (χ0) is 13.8. The third-order valence-corrected chi connectivity index (χ3v) is 3.18. The molecule has 0 spiro atoms. The highest BCUT2D eigenvalue weighted by molar-refractivity contribution is 5.89. The second kappa shape index (κ2) is 5.61. The van der Waals surface area contributed by atoms with Gasteiger partial charge in [-0.3, -0.25) is 4.98 Å². The van der Waals surface area contributed by atoms with Gasteiger partial charge in [-0.1, -0.05) is 18.2 Å². The number of amides is 2. The predicted octanol–water partition coefficient (Wildman–Crippen LogP) is 2.73. The Hall–Kier alpha value is -2.56. The van der Waals surface area contributed by atoms with E-state index in [-0.39, 0.29) is 12.1 Å². The monoisotopic (exact) mass is 269 g/mol. The summed E-state index contributed by atoms with van der Waals surface area (Å²) in [5.74, 6) is 0.838. The van der Waals surface area contributed by atoms with E-state index < -0.39 is 0 Å². The van der Waals surface area contributed by atoms with Gasteiger partial charge in [0.15, 0.2) is 0 Å². The van der Waals surface area contributed by atoms with E-state index in [4.69, 9.17) is 4.74 Å². The van der Waals surface area contributed by atoms with Gasteiger partial charge in [-0.25, -0.2) is 4.79 Å². The van der Waals surface area contributed by atoms with Crippen LogP contribution in [0.4, 0.5) is 10.5 Å². The van der Waals surface area contributed by atoms with Crippen LogP contribution in [0.3, 0.4) is 0 Å². The minimum absolute atomic E-state index is 0.0309. The summed E-state index contributed by atoms with van der Waals surface area (Å²) in [6.45, 7) is 0.606. The minimum Gasteiger partial charge on any atom is -0.493 e. The molecule has 0 saturated carbocycles. The number of rotatable bonds is 2. The molecule has 0 fully saturated rings. The Kier molecular flexibility index (Phi) is 3.50. The Morgan fingerprint density at radius 2 is 2.15 bits per heavy atom. The second-order valence-corrected chi connectivity index (χ2v) is 4.57. The highest BCUT2D eigenvalue weighted by Crippen LogP contribution is 2.31. The van der Waals surface area contributed by atoms with Crippen LogP contribution < -0.4 is 15.4 Å². The van der Waals surface area contributed by atoms with Gasteiger partial charge in [-0.15, -0.1) is 0 Å². The van der Waals surface area contributed by atoms with E-state index in [2.05, 4.69) is 15.6 Å². The van der Waals surface area contributed by atoms with Crippen LogP contribution in [0, 0.1) is 0 Å². The van der Waals surface area contributed by atoms with E-state index in [0.717, 1.165) is 17.7 Å². The standard InChI is InChI=1S/C15H15N3O2/c19-15(17-11-4-3-8-16-10-11)18-13-7-9-20-14-6-2-1-5-12(13)14/h1-6,8,10,13H,7,9H2,(H2,17,18,19). The first kappa shape index (κ1) is 12.5. The zero-order valence-electron chi connectivity index (χ0n) is 10.9. The fourth-order valence-electron chi connectivity index (χ4n) is 2.25. The molecular formula is C15H15N3O2. The lowest BCUT2D eigenvalue weighted by atomic mass is 10.0. The molecule has 20 heavy (non-hydrogen) atoms. The van der Waals surface area contributed by atoms with Crippen LogP contribution >= 0.6 is 0 Å². The first-order chi connectivity index (χ1) is 9.83. The number of hydrogen-bond donors (Lipinski definition) is 2. The van der Waals surface area contributed by atoms with Gasteiger partial charge in [0.2, 0.25) is 0 Å². The number of ether oxygens (including phenoxy) is 1. The molecule has 1 unspecified atom stereocenters. The number of hydrogen-bond acceptors (Lipinski definition) is 3. The van der Waals surface area contributed by atoms with Crippen molar-refractivity contribution in [2.45, 2.75) is 12.5 Å². The quantitative estimate of drug-likeness (QED) is 0.881. The van der Waals surface area contributed by atoms with E-state index in [1.54, 1.807) is 24.5 Å². The number of urea groups is 1. The van der Waals surface area contributed by atoms with Gasteiger partial charge in [0.25, 0.3) is 0 Å². The average Bonchev–Trinajstić information content (AvgIpc) is 2.48. The van der Waals surface area contributed by atoms with Crippen LogP contribution in [0.2, 0.25) is 0 Å². The first-order valence-electron chi connectivity index (χ1n) is 6.52. The molecular weight excluding hydrogens is 254 g/mol. The topological polar surface area (TPSA) is 63.2 Å². The van der Waals surface area contributed by atoms with Crippen LogP contribution in [0.5, 0.6) is 5.75 Å². The van der Waals surface area contributed by atoms with Crippen molar-refractivity contribution in [3.05, 3.63) is 54.4 Å². The zero-order valence-corrected chi connectivity index (χ0v) is 10.9. The molecule has 3 rings (SSSR count). The largest absolute Gasteiger partial charge is 0.493 e. The van der Waals surface area contributed by atoms with E-state index >= 15 is 0 Å². The second-order valence-electron chi connectivity index (χ2n) is 4.57. The number of carbonyl (C=O) groups excluding carboxylic acids is 1. The lowest BCUT2D eigenvalue weighted by Gasteiger charge is -2.26. The number of carbonyl (C=O) groups is 1. The molecule has 5 heteroatoms. The van der Waals surface area contributed by atoms with Crippen molar-refractivity contribution in [3.8, 4) is 5.75 Å². The molecule has 2 N–H and O–H groups in total. The van der Waals surface area contributed by atoms with Crippen LogP contribution in [0.25, 0.3) is 0 Å². The van der Waals surface area contributed by atoms with Gasteiger partial charge < -0.3 is 15.4 Å². The number of anilines is 1. The van der Waals surface area contributed by atoms with E-state index in [1.807, 2.05) is 24.3 Å². The summed E-state index contributed by atoms with van der Waals surface area (Å²) in [5, 5.41) is 5.73. The number of pyridine rings is 1. The average molecular weight is 269 g/mol. The third kappa shape index (κ3) is 2.71. The fraction of sp³-hybridized carbons (Fsp3) is 0.200. The molecule has 1 aliphatic heterocycles. The highest BCUT2D eigenvalue weighted by atomic mass is 16.5. The summed E-state index contributed by atoms with van der Waals surface area (Å²) >= 11 is 0. The van der Waals surface area contributed by atoms with Crippen molar-refractivity contribution < 1.29 is 9.53 Å². The molecule has 5 nitrogen and oxygen atoms in total. The number of benzene rings is 1. The van der Waals surface area contributed by atoms with Gasteiger partial charge in [-0.2, -0.15) is 0 Å². The molecule has 102 valence electrons. The lowest BCUT2D eigenvalue weighted by Crippen LogP contribution is -2.35. The van der Waals surface area contributed by atoms with Gasteiger partial charge in [0.05, 0.1) is 24.5 Å². The van der Waals surface area contributed by atoms with Crippen molar-refractivity contribution in [2.24, 2.45) is 0 Å². The number of aromatic nitrogens is 1. The van der Waals surface area contributed by atoms with Crippen molar-refractivity contribution in [2.75, 3.05) is 11.9 Å². The van der Waals surface area contributed by atoms with Crippen LogP contribution in [-0.2, 0) is 0 Å². The molecule has 1 aromatic carbocycles. The van der Waals surface area contributed by atoms with E-state index in [9.17, 15) is 4.79 Å². The summed E-state index contributed by atoms with van der Waals surface area (Å²) in [7, 11) is 0. The number of para-hydroxylation sites is 1. The fourth-order valence-corrected chi connectivity index (χ4v) is 2.25. The molecule has 2 aromatic rings. The molecule has 0 aliphatic carbocycles. The Balaban J connectivity index is 1.68. The maximum Gasteiger partial charge on any atom is 0.319 e. The maximum atomic E-state index is 12.0. The highest BCUT2D eigenvalue weighted by Gasteiger charge is 2.22.